The second-order valence-corrected chi connectivity index (χ2v) is 11.3. The molecular weight excluding hydrogens is 594 g/mol. The first-order valence-electron chi connectivity index (χ1n) is 13.3. The summed E-state index contributed by atoms with van der Waals surface area (Å²) >= 11 is 5.98. The third kappa shape index (κ3) is 4.85. The zero-order chi connectivity index (χ0) is 30.9. The zero-order valence-electron chi connectivity index (χ0n) is 22.9. The molecule has 14 heteroatoms. The number of benzene rings is 2. The van der Waals surface area contributed by atoms with Crippen molar-refractivity contribution in [3.8, 4) is 22.8 Å². The number of aromatic nitrogens is 3. The molecule has 4 aromatic rings. The number of methoxy groups -OCH3 is 1. The van der Waals surface area contributed by atoms with Crippen LogP contribution in [0.15, 0.2) is 42.6 Å². The van der Waals surface area contributed by atoms with Crippen molar-refractivity contribution in [3.05, 3.63) is 70.3 Å². The van der Waals surface area contributed by atoms with Crippen LogP contribution in [-0.4, -0.2) is 52.2 Å². The summed E-state index contributed by atoms with van der Waals surface area (Å²) in [4.78, 5) is 17.8. The van der Waals surface area contributed by atoms with Crippen LogP contribution >= 0.6 is 11.6 Å². The lowest BCUT2D eigenvalue weighted by Gasteiger charge is -2.31. The lowest BCUT2D eigenvalue weighted by atomic mass is 9.86. The molecule has 0 saturated heterocycles. The quantitative estimate of drug-likeness (QED) is 0.259. The summed E-state index contributed by atoms with van der Waals surface area (Å²) in [5, 5.41) is 19.4. The van der Waals surface area contributed by atoms with Gasteiger partial charge in [-0.25, -0.2) is 9.37 Å². The normalized spacial score (nSPS) is 19.6. The number of carbonyl (C=O) groups excluding carboxylic acids is 1. The third-order valence-electron chi connectivity index (χ3n) is 7.98. The Labute approximate surface area is 247 Å². The smallest absolute Gasteiger partial charge is 0.414 e. The molecule has 2 aromatic heterocycles. The van der Waals surface area contributed by atoms with Gasteiger partial charge in [-0.1, -0.05) is 11.6 Å². The number of nitrogens with zero attached hydrogens (tertiary/aromatic N) is 3. The first-order valence-corrected chi connectivity index (χ1v) is 13.6. The van der Waals surface area contributed by atoms with Crippen LogP contribution in [0.2, 0.25) is 5.02 Å². The van der Waals surface area contributed by atoms with E-state index in [0.29, 0.717) is 29.5 Å². The Morgan fingerprint density at radius 3 is 2.67 bits per heavy atom. The minimum atomic E-state index is -4.91. The largest absolute Gasteiger partial charge is 0.494 e. The molecule has 4 N–H and O–H groups in total. The molecule has 1 aliphatic carbocycles. The highest BCUT2D eigenvalue weighted by Gasteiger charge is 2.59. The topological polar surface area (TPSA) is 125 Å². The number of nitrogens with one attached hydrogen (secondary N) is 1. The van der Waals surface area contributed by atoms with Crippen LogP contribution in [0.4, 0.5) is 17.6 Å². The number of amides is 1. The second kappa shape index (κ2) is 10.1. The van der Waals surface area contributed by atoms with E-state index in [-0.39, 0.29) is 39.8 Å². The molecule has 1 fully saturated rings. The number of aliphatic hydroxyl groups is 1. The molecule has 6 rings (SSSR count). The molecule has 3 heterocycles. The minimum absolute atomic E-state index is 0.0943. The van der Waals surface area contributed by atoms with Gasteiger partial charge in [-0.3, -0.25) is 9.48 Å². The van der Waals surface area contributed by atoms with Crippen molar-refractivity contribution in [2.75, 3.05) is 20.3 Å². The van der Waals surface area contributed by atoms with Gasteiger partial charge in [0, 0.05) is 35.3 Å². The number of nitrogens with two attached hydrogens (primary N) is 1. The minimum Gasteiger partial charge on any atom is -0.494 e. The number of hydrogen-bond donors (Lipinski definition) is 3. The summed E-state index contributed by atoms with van der Waals surface area (Å²) in [5.41, 5.74) is 1.39. The first-order chi connectivity index (χ1) is 20.2. The molecule has 1 saturated carbocycles. The Morgan fingerprint density at radius 1 is 1.28 bits per heavy atom. The molecule has 2 atom stereocenters. The van der Waals surface area contributed by atoms with Gasteiger partial charge in [0.15, 0.2) is 11.3 Å². The molecule has 1 aliphatic heterocycles. The highest BCUT2D eigenvalue weighted by Crippen LogP contribution is 2.52. The van der Waals surface area contributed by atoms with Crippen LogP contribution < -0.4 is 20.5 Å². The monoisotopic (exact) mass is 619 g/mol. The fraction of sp³-hybridized carbons (Fsp3) is 0.345. The number of carbonyl (C=O) groups is 1. The number of aryl methyl sites for hydroxylation is 1. The van der Waals surface area contributed by atoms with E-state index in [1.54, 1.807) is 24.0 Å². The Balaban J connectivity index is 1.42. The molecular formula is C29H26ClF4N5O4. The average molecular weight is 620 g/mol. The summed E-state index contributed by atoms with van der Waals surface area (Å²) in [5.74, 6) is -1.58. The van der Waals surface area contributed by atoms with E-state index in [1.165, 1.54) is 25.3 Å². The van der Waals surface area contributed by atoms with Crippen LogP contribution in [0.5, 0.6) is 11.5 Å². The molecule has 0 radical (unpaired) electrons. The first kappa shape index (κ1) is 29.1. The van der Waals surface area contributed by atoms with Gasteiger partial charge in [0.25, 0.3) is 5.91 Å². The van der Waals surface area contributed by atoms with Crippen molar-refractivity contribution in [2.45, 2.75) is 30.2 Å². The van der Waals surface area contributed by atoms with Gasteiger partial charge in [0.05, 0.1) is 24.4 Å². The number of halogens is 5. The highest BCUT2D eigenvalue weighted by molar-refractivity contribution is 6.31. The zero-order valence-corrected chi connectivity index (χ0v) is 23.7. The Kier molecular flexibility index (Phi) is 6.82. The fourth-order valence-electron chi connectivity index (χ4n) is 5.40. The van der Waals surface area contributed by atoms with Crippen molar-refractivity contribution < 1.29 is 36.9 Å². The maximum absolute atomic E-state index is 14.3. The van der Waals surface area contributed by atoms with Gasteiger partial charge in [0.1, 0.15) is 35.0 Å². The van der Waals surface area contributed by atoms with Crippen LogP contribution in [0.25, 0.3) is 22.2 Å². The molecule has 2 aromatic carbocycles. The average Bonchev–Trinajstić information content (AvgIpc) is 3.67. The van der Waals surface area contributed by atoms with E-state index in [0.717, 1.165) is 12.1 Å². The van der Waals surface area contributed by atoms with E-state index in [9.17, 15) is 27.5 Å². The van der Waals surface area contributed by atoms with Gasteiger partial charge >= 0.3 is 6.18 Å². The standard InChI is InChI=1S/C29H26ClF4N5O4/c1-39-11-16-7-15(9-21(42-2)23(16)38-39)26(40)36-12-27(41,17-4-5-17)22-10-18-25(43-13-28(18,35)29(32,33)34)24(37-22)14-3-6-20(31)19(30)8-14/h3,6-11,17,41H,4-5,12-13,35H2,1-2H3,(H,36,40)/t27?,28-/m0/s1. The predicted octanol–water partition coefficient (Wildman–Crippen LogP) is 4.57. The van der Waals surface area contributed by atoms with Crippen LogP contribution in [0.3, 0.4) is 0 Å². The molecule has 0 bridgehead atoms. The van der Waals surface area contributed by atoms with E-state index < -0.39 is 47.1 Å². The summed E-state index contributed by atoms with van der Waals surface area (Å²) < 4.78 is 69.1. The third-order valence-corrected chi connectivity index (χ3v) is 8.27. The summed E-state index contributed by atoms with van der Waals surface area (Å²) in [7, 11) is 3.18. The van der Waals surface area contributed by atoms with E-state index in [4.69, 9.17) is 26.8 Å². The van der Waals surface area contributed by atoms with Gasteiger partial charge in [-0.2, -0.15) is 18.3 Å². The summed E-state index contributed by atoms with van der Waals surface area (Å²) in [6.45, 7) is -1.29. The Morgan fingerprint density at radius 2 is 2.02 bits per heavy atom. The second-order valence-electron chi connectivity index (χ2n) is 10.9. The maximum atomic E-state index is 14.3. The molecule has 1 unspecified atom stereocenters. The lowest BCUT2D eigenvalue weighted by molar-refractivity contribution is -0.191. The van der Waals surface area contributed by atoms with Crippen LogP contribution in [0, 0.1) is 11.7 Å². The van der Waals surface area contributed by atoms with Crippen LogP contribution in [-0.2, 0) is 18.2 Å². The highest BCUT2D eigenvalue weighted by atomic mass is 35.5. The summed E-state index contributed by atoms with van der Waals surface area (Å²) in [6.07, 6.45) is -2.11. The number of fused-ring (bicyclic) bond motifs is 2. The predicted molar refractivity (Wildman–Crippen MR) is 148 cm³/mol. The number of hydrogen-bond acceptors (Lipinski definition) is 7. The van der Waals surface area contributed by atoms with E-state index >= 15 is 0 Å². The SMILES string of the molecule is COc1cc(C(=O)NCC(O)(c2cc3c(c(-c4ccc(F)c(Cl)c4)n2)OC[C@@]3(N)C(F)(F)F)C2CC2)cc2cn(C)nc12. The number of alkyl halides is 3. The van der Waals surface area contributed by atoms with Crippen molar-refractivity contribution in [1.82, 2.24) is 20.1 Å². The van der Waals surface area contributed by atoms with Gasteiger partial charge in [-0.05, 0) is 55.2 Å². The maximum Gasteiger partial charge on any atom is 0.414 e. The van der Waals surface area contributed by atoms with Crippen molar-refractivity contribution in [1.29, 1.82) is 0 Å². The molecule has 0 spiro atoms. The molecule has 2 aliphatic rings. The number of pyridine rings is 1. The van der Waals surface area contributed by atoms with Gasteiger partial charge in [-0.15, -0.1) is 0 Å². The van der Waals surface area contributed by atoms with Gasteiger partial charge in [0.2, 0.25) is 0 Å². The van der Waals surface area contributed by atoms with E-state index in [1.807, 2.05) is 0 Å². The van der Waals surface area contributed by atoms with Crippen molar-refractivity contribution >= 4 is 28.4 Å². The number of ether oxygens (including phenoxy) is 2. The Hall–Kier alpha value is -3.94. The lowest BCUT2D eigenvalue weighted by Crippen LogP contribution is -2.52. The molecule has 226 valence electrons. The molecule has 1 amide bonds. The molecule has 43 heavy (non-hydrogen) atoms. The number of rotatable bonds is 7. The van der Waals surface area contributed by atoms with E-state index in [2.05, 4.69) is 15.4 Å². The van der Waals surface area contributed by atoms with Crippen molar-refractivity contribution in [2.24, 2.45) is 18.7 Å². The van der Waals surface area contributed by atoms with Crippen molar-refractivity contribution in [3.63, 3.8) is 0 Å². The molecule has 9 nitrogen and oxygen atoms in total. The van der Waals surface area contributed by atoms with Crippen LogP contribution in [0.1, 0.15) is 34.5 Å². The fourth-order valence-corrected chi connectivity index (χ4v) is 5.58. The summed E-state index contributed by atoms with van der Waals surface area (Å²) in [6, 6.07) is 7.75. The van der Waals surface area contributed by atoms with Gasteiger partial charge < -0.3 is 25.6 Å². The Bertz CT molecular complexity index is 1780.